The lowest BCUT2D eigenvalue weighted by atomic mass is 9.95. The molecule has 9 heavy (non-hydrogen) atoms. The normalized spacial score (nSPS) is 36.7. The second-order valence-corrected chi connectivity index (χ2v) is 2.87. The maximum Gasteiger partial charge on any atom is 0.0215 e. The molecule has 1 aliphatic rings. The number of nitrogens with one attached hydrogen (secondary N) is 2. The zero-order chi connectivity index (χ0) is 6.69. The smallest absolute Gasteiger partial charge is 0.0215 e. The fourth-order valence-corrected chi connectivity index (χ4v) is 1.38. The van der Waals surface area contributed by atoms with Gasteiger partial charge in [0.25, 0.3) is 0 Å². The van der Waals surface area contributed by atoms with Crippen LogP contribution < -0.4 is 10.6 Å². The van der Waals surface area contributed by atoms with E-state index >= 15 is 0 Å². The standard InChI is InChI=1S/C7H16N2/c1-6-3-4-9-5-7(6)8-2/h6-9H,3-5H2,1-2H3/t6-,7+/m0/s1. The summed E-state index contributed by atoms with van der Waals surface area (Å²) in [6.45, 7) is 4.64. The Balaban J connectivity index is 2.30. The lowest BCUT2D eigenvalue weighted by Crippen LogP contribution is -2.46. The van der Waals surface area contributed by atoms with E-state index < -0.39 is 0 Å². The van der Waals surface area contributed by atoms with Gasteiger partial charge in [0, 0.05) is 12.6 Å². The van der Waals surface area contributed by atoms with Crippen LogP contribution in [0.3, 0.4) is 0 Å². The number of hydrogen-bond donors (Lipinski definition) is 2. The molecule has 2 atom stereocenters. The van der Waals surface area contributed by atoms with Crippen molar-refractivity contribution in [3.63, 3.8) is 0 Å². The minimum absolute atomic E-state index is 0.693. The largest absolute Gasteiger partial charge is 0.315 e. The van der Waals surface area contributed by atoms with Crippen LogP contribution in [-0.4, -0.2) is 26.2 Å². The number of hydrogen-bond acceptors (Lipinski definition) is 2. The van der Waals surface area contributed by atoms with Gasteiger partial charge in [0.15, 0.2) is 0 Å². The Hall–Kier alpha value is -0.0800. The Morgan fingerprint density at radius 1 is 1.56 bits per heavy atom. The molecule has 54 valence electrons. The van der Waals surface area contributed by atoms with Gasteiger partial charge in [0.05, 0.1) is 0 Å². The van der Waals surface area contributed by atoms with Crippen molar-refractivity contribution in [1.29, 1.82) is 0 Å². The predicted molar refractivity (Wildman–Crippen MR) is 39.5 cm³/mol. The van der Waals surface area contributed by atoms with Gasteiger partial charge in [-0.15, -0.1) is 0 Å². The Kier molecular flexibility index (Phi) is 2.49. The van der Waals surface area contributed by atoms with E-state index in [2.05, 4.69) is 17.6 Å². The van der Waals surface area contributed by atoms with E-state index in [1.807, 2.05) is 7.05 Å². The van der Waals surface area contributed by atoms with Crippen LogP contribution in [0.4, 0.5) is 0 Å². The Labute approximate surface area is 57.0 Å². The molecule has 0 aromatic carbocycles. The van der Waals surface area contributed by atoms with Crippen LogP contribution in [-0.2, 0) is 0 Å². The number of likely N-dealkylation sites (N-methyl/N-ethyl adjacent to an activating group) is 1. The summed E-state index contributed by atoms with van der Waals surface area (Å²) in [7, 11) is 2.04. The van der Waals surface area contributed by atoms with Gasteiger partial charge in [0.1, 0.15) is 0 Å². The lowest BCUT2D eigenvalue weighted by molar-refractivity contribution is 0.311. The predicted octanol–water partition coefficient (Wildman–Crippen LogP) is 0.204. The van der Waals surface area contributed by atoms with Gasteiger partial charge < -0.3 is 10.6 Å². The molecule has 0 aromatic heterocycles. The quantitative estimate of drug-likeness (QED) is 0.527. The molecule has 0 radical (unpaired) electrons. The van der Waals surface area contributed by atoms with Crippen molar-refractivity contribution in [2.24, 2.45) is 5.92 Å². The van der Waals surface area contributed by atoms with Crippen molar-refractivity contribution in [3.8, 4) is 0 Å². The molecule has 0 aliphatic carbocycles. The third-order valence-corrected chi connectivity index (χ3v) is 2.20. The first-order valence-electron chi connectivity index (χ1n) is 3.72. The van der Waals surface area contributed by atoms with Crippen LogP contribution in [0.25, 0.3) is 0 Å². The van der Waals surface area contributed by atoms with Crippen molar-refractivity contribution in [1.82, 2.24) is 10.6 Å². The van der Waals surface area contributed by atoms with Crippen molar-refractivity contribution in [2.75, 3.05) is 20.1 Å². The summed E-state index contributed by atoms with van der Waals surface area (Å²) in [5.41, 5.74) is 0. The van der Waals surface area contributed by atoms with Crippen LogP contribution in [0.1, 0.15) is 13.3 Å². The minimum Gasteiger partial charge on any atom is -0.315 e. The highest BCUT2D eigenvalue weighted by Crippen LogP contribution is 2.09. The second-order valence-electron chi connectivity index (χ2n) is 2.87. The van der Waals surface area contributed by atoms with E-state index in [9.17, 15) is 0 Å². The monoisotopic (exact) mass is 128 g/mol. The molecule has 1 rings (SSSR count). The van der Waals surface area contributed by atoms with Gasteiger partial charge in [-0.25, -0.2) is 0 Å². The first-order valence-corrected chi connectivity index (χ1v) is 3.72. The fourth-order valence-electron chi connectivity index (χ4n) is 1.38. The average Bonchev–Trinajstić information content (AvgIpc) is 1.89. The van der Waals surface area contributed by atoms with Crippen LogP contribution in [0.15, 0.2) is 0 Å². The zero-order valence-electron chi connectivity index (χ0n) is 6.28. The summed E-state index contributed by atoms with van der Waals surface area (Å²) in [6.07, 6.45) is 1.31. The van der Waals surface area contributed by atoms with Crippen molar-refractivity contribution < 1.29 is 0 Å². The molecular weight excluding hydrogens is 112 g/mol. The number of piperidine rings is 1. The molecule has 0 unspecified atom stereocenters. The van der Waals surface area contributed by atoms with Gasteiger partial charge in [0.2, 0.25) is 0 Å². The maximum absolute atomic E-state index is 3.35. The van der Waals surface area contributed by atoms with Crippen LogP contribution in [0, 0.1) is 5.92 Å². The van der Waals surface area contributed by atoms with E-state index in [1.54, 1.807) is 0 Å². The molecule has 0 amide bonds. The molecule has 0 saturated carbocycles. The van der Waals surface area contributed by atoms with E-state index in [1.165, 1.54) is 13.0 Å². The Bertz CT molecular complexity index is 83.0. The molecule has 1 saturated heterocycles. The summed E-state index contributed by atoms with van der Waals surface area (Å²) in [6, 6.07) is 0.693. The molecule has 1 fully saturated rings. The van der Waals surface area contributed by atoms with Crippen LogP contribution >= 0.6 is 0 Å². The molecule has 1 aliphatic heterocycles. The van der Waals surface area contributed by atoms with E-state index in [-0.39, 0.29) is 0 Å². The minimum atomic E-state index is 0.693. The second kappa shape index (κ2) is 3.18. The first-order chi connectivity index (χ1) is 4.34. The topological polar surface area (TPSA) is 24.1 Å². The third kappa shape index (κ3) is 1.66. The van der Waals surface area contributed by atoms with Gasteiger partial charge in [-0.2, -0.15) is 0 Å². The zero-order valence-corrected chi connectivity index (χ0v) is 6.28. The highest BCUT2D eigenvalue weighted by atomic mass is 15.0. The van der Waals surface area contributed by atoms with Crippen molar-refractivity contribution in [2.45, 2.75) is 19.4 Å². The maximum atomic E-state index is 3.35. The molecule has 2 heteroatoms. The Morgan fingerprint density at radius 3 is 2.78 bits per heavy atom. The first kappa shape index (κ1) is 7.03. The van der Waals surface area contributed by atoms with Gasteiger partial charge in [-0.3, -0.25) is 0 Å². The fraction of sp³-hybridized carbons (Fsp3) is 1.00. The molecule has 1 heterocycles. The highest BCUT2D eigenvalue weighted by Gasteiger charge is 2.17. The van der Waals surface area contributed by atoms with Gasteiger partial charge in [-0.1, -0.05) is 6.92 Å². The summed E-state index contributed by atoms with van der Waals surface area (Å²) >= 11 is 0. The van der Waals surface area contributed by atoms with Crippen molar-refractivity contribution >= 4 is 0 Å². The van der Waals surface area contributed by atoms with Gasteiger partial charge in [-0.05, 0) is 25.9 Å². The molecular formula is C7H16N2. The molecule has 2 nitrogen and oxygen atoms in total. The molecule has 0 bridgehead atoms. The molecule has 2 N–H and O–H groups in total. The van der Waals surface area contributed by atoms with Gasteiger partial charge >= 0.3 is 0 Å². The highest BCUT2D eigenvalue weighted by molar-refractivity contribution is 4.79. The summed E-state index contributed by atoms with van der Waals surface area (Å²) in [5.74, 6) is 0.844. The lowest BCUT2D eigenvalue weighted by Gasteiger charge is -2.28. The SMILES string of the molecule is CN[C@@H]1CNCC[C@@H]1C. The third-order valence-electron chi connectivity index (χ3n) is 2.20. The van der Waals surface area contributed by atoms with E-state index in [0.717, 1.165) is 12.5 Å². The summed E-state index contributed by atoms with van der Waals surface area (Å²) in [4.78, 5) is 0. The van der Waals surface area contributed by atoms with E-state index in [0.29, 0.717) is 6.04 Å². The molecule has 0 aromatic rings. The van der Waals surface area contributed by atoms with E-state index in [4.69, 9.17) is 0 Å². The van der Waals surface area contributed by atoms with Crippen LogP contribution in [0.5, 0.6) is 0 Å². The number of rotatable bonds is 1. The average molecular weight is 128 g/mol. The summed E-state index contributed by atoms with van der Waals surface area (Å²) < 4.78 is 0. The molecule has 0 spiro atoms. The summed E-state index contributed by atoms with van der Waals surface area (Å²) in [5, 5.41) is 6.64. The Morgan fingerprint density at radius 2 is 2.33 bits per heavy atom. The van der Waals surface area contributed by atoms with Crippen LogP contribution in [0.2, 0.25) is 0 Å². The van der Waals surface area contributed by atoms with Crippen molar-refractivity contribution in [3.05, 3.63) is 0 Å².